The van der Waals surface area contributed by atoms with Crippen molar-refractivity contribution in [3.63, 3.8) is 0 Å². The number of halogens is 2. The molecule has 0 bridgehead atoms. The second kappa shape index (κ2) is 16.1. The Bertz CT molecular complexity index is 1800. The van der Waals surface area contributed by atoms with Crippen LogP contribution in [0, 0.1) is 12.7 Å². The standard InChI is InChI=1S/C31H29ClFN3O4.C4H11N.CH4/c1-18-27-25(35-34-18)17-39-14-3-2-13-36-29-23(11-12-24(32)28(27)29)22(30(36)31(37)38)7-5-15-40-26-8-4-6-19-16-20(33)9-10-21(19)26;1-3-5-4-2;/h4,6,8-12,16H,2-3,5,7,13-15,17H2,1H3,(H,34,35)(H,37,38);5H,3-4H2,1-2H3;1H4. The lowest BCUT2D eigenvalue weighted by atomic mass is 9.98. The van der Waals surface area contributed by atoms with Gasteiger partial charge in [-0.15, -0.1) is 0 Å². The van der Waals surface area contributed by atoms with Crippen LogP contribution in [0.3, 0.4) is 0 Å². The van der Waals surface area contributed by atoms with Crippen LogP contribution >= 0.6 is 11.6 Å². The average molecular weight is 651 g/mol. The molecule has 1 aliphatic rings. The fourth-order valence-corrected chi connectivity index (χ4v) is 6.29. The normalized spacial score (nSPS) is 12.9. The number of aromatic nitrogens is 3. The number of hydrogen-bond acceptors (Lipinski definition) is 5. The minimum absolute atomic E-state index is 0. The van der Waals surface area contributed by atoms with Gasteiger partial charge in [-0.25, -0.2) is 9.18 Å². The lowest BCUT2D eigenvalue weighted by Gasteiger charge is -2.13. The number of carbonyl (C=O) groups is 1. The van der Waals surface area contributed by atoms with Gasteiger partial charge in [-0.2, -0.15) is 5.10 Å². The van der Waals surface area contributed by atoms with E-state index < -0.39 is 5.97 Å². The van der Waals surface area contributed by atoms with Crippen molar-refractivity contribution >= 4 is 39.2 Å². The first-order valence-corrected chi connectivity index (χ1v) is 15.9. The van der Waals surface area contributed by atoms with E-state index in [1.165, 1.54) is 12.1 Å². The van der Waals surface area contributed by atoms with Crippen molar-refractivity contribution in [2.45, 2.75) is 67.0 Å². The number of carboxylic acid groups (broad SMARTS) is 1. The van der Waals surface area contributed by atoms with Crippen LogP contribution in [0.5, 0.6) is 5.75 Å². The van der Waals surface area contributed by atoms with Crippen LogP contribution in [0.15, 0.2) is 48.5 Å². The molecule has 0 atom stereocenters. The van der Waals surface area contributed by atoms with Gasteiger partial charge in [-0.1, -0.05) is 51.1 Å². The number of aromatic amines is 1. The summed E-state index contributed by atoms with van der Waals surface area (Å²) in [5, 5.41) is 24.1. The van der Waals surface area contributed by atoms with Crippen molar-refractivity contribution < 1.29 is 23.8 Å². The number of fused-ring (bicyclic) bond motifs is 3. The maximum absolute atomic E-state index is 13.7. The van der Waals surface area contributed by atoms with Crippen LogP contribution in [0.1, 0.15) is 68.0 Å². The number of aryl methyl sites for hydroxylation is 3. The highest BCUT2D eigenvalue weighted by Crippen LogP contribution is 2.42. The zero-order valence-electron chi connectivity index (χ0n) is 26.0. The second-order valence-corrected chi connectivity index (χ2v) is 11.5. The molecule has 0 spiro atoms. The molecule has 0 saturated carbocycles. The molecule has 5 aromatic rings. The van der Waals surface area contributed by atoms with Crippen LogP contribution in [-0.4, -0.2) is 52.1 Å². The summed E-state index contributed by atoms with van der Waals surface area (Å²) in [7, 11) is 0. The zero-order chi connectivity index (χ0) is 31.9. The van der Waals surface area contributed by atoms with E-state index in [2.05, 4.69) is 29.4 Å². The Labute approximate surface area is 274 Å². The summed E-state index contributed by atoms with van der Waals surface area (Å²) in [5.74, 6) is -0.592. The molecule has 0 fully saturated rings. The molecule has 1 aliphatic heterocycles. The molecule has 46 heavy (non-hydrogen) atoms. The first-order valence-electron chi connectivity index (χ1n) is 15.6. The number of hydrogen-bond donors (Lipinski definition) is 3. The fourth-order valence-electron chi connectivity index (χ4n) is 6.04. The molecule has 10 heteroatoms. The molecule has 3 heterocycles. The molecule has 3 aromatic carbocycles. The first-order chi connectivity index (χ1) is 21.8. The van der Waals surface area contributed by atoms with Crippen LogP contribution in [0.25, 0.3) is 32.8 Å². The number of ether oxygens (including phenoxy) is 2. The van der Waals surface area contributed by atoms with E-state index in [1.807, 2.05) is 41.8 Å². The monoisotopic (exact) mass is 650 g/mol. The van der Waals surface area contributed by atoms with E-state index in [1.54, 1.807) is 6.07 Å². The van der Waals surface area contributed by atoms with Gasteiger partial charge in [-0.3, -0.25) is 5.10 Å². The Kier molecular flexibility index (Phi) is 12.2. The summed E-state index contributed by atoms with van der Waals surface area (Å²) in [5.41, 5.74) is 5.09. The molecule has 0 unspecified atom stereocenters. The van der Waals surface area contributed by atoms with E-state index >= 15 is 0 Å². The molecule has 0 saturated heterocycles. The zero-order valence-corrected chi connectivity index (χ0v) is 26.8. The van der Waals surface area contributed by atoms with Gasteiger partial charge < -0.3 is 24.5 Å². The van der Waals surface area contributed by atoms with E-state index in [-0.39, 0.29) is 18.9 Å². The van der Waals surface area contributed by atoms with Crippen molar-refractivity contribution in [2.75, 3.05) is 26.3 Å². The van der Waals surface area contributed by atoms with Crippen LogP contribution in [-0.2, 0) is 24.3 Å². The molecule has 246 valence electrons. The summed E-state index contributed by atoms with van der Waals surface area (Å²) in [4.78, 5) is 12.7. The number of nitrogens with one attached hydrogen (secondary N) is 2. The Hall–Kier alpha value is -3.92. The van der Waals surface area contributed by atoms with Crippen molar-refractivity contribution in [3.05, 3.63) is 82.0 Å². The molecule has 0 aliphatic carbocycles. The smallest absolute Gasteiger partial charge is 0.352 e. The molecular formula is C36H44ClFN4O4. The minimum Gasteiger partial charge on any atom is -0.493 e. The Morgan fingerprint density at radius 1 is 1.13 bits per heavy atom. The van der Waals surface area contributed by atoms with Gasteiger partial charge in [0, 0.05) is 40.7 Å². The second-order valence-electron chi connectivity index (χ2n) is 11.1. The predicted octanol–water partition coefficient (Wildman–Crippen LogP) is 8.56. The molecule has 3 N–H and O–H groups in total. The van der Waals surface area contributed by atoms with E-state index in [4.69, 9.17) is 21.1 Å². The Morgan fingerprint density at radius 2 is 1.91 bits per heavy atom. The van der Waals surface area contributed by atoms with Crippen molar-refractivity contribution in [1.82, 2.24) is 20.1 Å². The Balaban J connectivity index is 0.000000745. The molecule has 8 nitrogen and oxygen atoms in total. The highest BCUT2D eigenvalue weighted by Gasteiger charge is 2.28. The minimum atomic E-state index is -0.972. The highest BCUT2D eigenvalue weighted by atomic mass is 35.5. The summed E-state index contributed by atoms with van der Waals surface area (Å²) in [6.07, 6.45) is 2.67. The van der Waals surface area contributed by atoms with Crippen LogP contribution in [0.2, 0.25) is 5.02 Å². The van der Waals surface area contributed by atoms with Gasteiger partial charge in [0.1, 0.15) is 17.3 Å². The largest absolute Gasteiger partial charge is 0.493 e. The number of H-pyrrole nitrogens is 1. The third-order valence-electron chi connectivity index (χ3n) is 8.04. The van der Waals surface area contributed by atoms with Crippen molar-refractivity contribution in [3.8, 4) is 16.9 Å². The quantitative estimate of drug-likeness (QED) is 0.146. The van der Waals surface area contributed by atoms with Gasteiger partial charge in [-0.05, 0) is 87.0 Å². The number of nitrogens with zero attached hydrogens (tertiary/aromatic N) is 2. The van der Waals surface area contributed by atoms with Gasteiger partial charge >= 0.3 is 5.97 Å². The molecule has 6 rings (SSSR count). The summed E-state index contributed by atoms with van der Waals surface area (Å²) >= 11 is 6.83. The summed E-state index contributed by atoms with van der Waals surface area (Å²) in [6.45, 7) is 10.2. The van der Waals surface area contributed by atoms with E-state index in [0.29, 0.717) is 50.0 Å². The number of aromatic carboxylic acids is 1. The van der Waals surface area contributed by atoms with E-state index in [0.717, 1.165) is 75.7 Å². The highest BCUT2D eigenvalue weighted by molar-refractivity contribution is 6.35. The third kappa shape index (κ3) is 7.38. The van der Waals surface area contributed by atoms with Gasteiger partial charge in [0.15, 0.2) is 0 Å². The summed E-state index contributed by atoms with van der Waals surface area (Å²) < 4.78 is 27.6. The maximum Gasteiger partial charge on any atom is 0.352 e. The SMILES string of the molecule is C.CCNCC.Cc1[nH]nc2c1-c1c(Cl)ccc3c(CCCOc4cccc5cc(F)ccc45)c(C(=O)O)n(c13)CCCCOC2. The lowest BCUT2D eigenvalue weighted by Crippen LogP contribution is -2.12. The number of carboxylic acids is 1. The number of benzene rings is 3. The predicted molar refractivity (Wildman–Crippen MR) is 184 cm³/mol. The van der Waals surface area contributed by atoms with Crippen LogP contribution in [0.4, 0.5) is 4.39 Å². The molecule has 0 amide bonds. The third-order valence-corrected chi connectivity index (χ3v) is 8.36. The molecular weight excluding hydrogens is 607 g/mol. The van der Waals surface area contributed by atoms with E-state index in [9.17, 15) is 14.3 Å². The van der Waals surface area contributed by atoms with Gasteiger partial charge in [0.05, 0.1) is 29.4 Å². The van der Waals surface area contributed by atoms with Crippen molar-refractivity contribution in [2.24, 2.45) is 0 Å². The lowest BCUT2D eigenvalue weighted by molar-refractivity contribution is 0.0683. The van der Waals surface area contributed by atoms with Gasteiger partial charge in [0.25, 0.3) is 0 Å². The topological polar surface area (TPSA) is 101 Å². The fraction of sp³-hybridized carbons (Fsp3) is 0.389. The van der Waals surface area contributed by atoms with Gasteiger partial charge in [0.2, 0.25) is 0 Å². The number of rotatable bonds is 8. The molecule has 0 radical (unpaired) electrons. The molecule has 2 aromatic heterocycles. The van der Waals surface area contributed by atoms with Crippen LogP contribution < -0.4 is 10.1 Å². The summed E-state index contributed by atoms with van der Waals surface area (Å²) in [6, 6.07) is 13.9. The first kappa shape index (κ1) is 34.9. The average Bonchev–Trinajstić information content (AvgIpc) is 3.53. The Morgan fingerprint density at radius 3 is 2.65 bits per heavy atom. The maximum atomic E-state index is 13.7. The van der Waals surface area contributed by atoms with Crippen molar-refractivity contribution in [1.29, 1.82) is 0 Å².